The largest absolute Gasteiger partial charge is 0.0776 e. The summed E-state index contributed by atoms with van der Waals surface area (Å²) in [7, 11) is 0. The zero-order chi connectivity index (χ0) is 8.10. The zero-order valence-electron chi connectivity index (χ0n) is 7.04. The Morgan fingerprint density at radius 2 is 1.82 bits per heavy atom. The van der Waals surface area contributed by atoms with Crippen LogP contribution in [0.4, 0.5) is 0 Å². The smallest absolute Gasteiger partial charge is 0.0195 e. The molecule has 0 N–H and O–H groups in total. The average Bonchev–Trinajstić information content (AvgIpc) is 2.07. The molecule has 0 aromatic heterocycles. The van der Waals surface area contributed by atoms with Gasteiger partial charge in [0.05, 0.1) is 0 Å². The molecular formula is C11H13. The van der Waals surface area contributed by atoms with Gasteiger partial charge >= 0.3 is 0 Å². The molecule has 1 aromatic carbocycles. The first-order chi connectivity index (χ1) is 5.34. The summed E-state index contributed by atoms with van der Waals surface area (Å²) in [6, 6.07) is 10.4. The van der Waals surface area contributed by atoms with Crippen LogP contribution in [-0.2, 0) is 0 Å². The highest BCUT2D eigenvalue weighted by molar-refractivity contribution is 5.64. The summed E-state index contributed by atoms with van der Waals surface area (Å²) in [4.78, 5) is 0. The van der Waals surface area contributed by atoms with Crippen molar-refractivity contribution in [2.75, 3.05) is 0 Å². The van der Waals surface area contributed by atoms with Gasteiger partial charge in [-0.3, -0.25) is 0 Å². The normalized spacial score (nSPS) is 11.6. The van der Waals surface area contributed by atoms with E-state index >= 15 is 0 Å². The van der Waals surface area contributed by atoms with Crippen molar-refractivity contribution in [3.05, 3.63) is 48.4 Å². The third kappa shape index (κ3) is 2.23. The first-order valence-corrected chi connectivity index (χ1v) is 3.86. The maximum Gasteiger partial charge on any atom is -0.0195 e. The lowest BCUT2D eigenvalue weighted by molar-refractivity contribution is 1.50. The molecule has 0 atom stereocenters. The molecule has 0 unspecified atom stereocenters. The third-order valence-electron chi connectivity index (χ3n) is 1.65. The van der Waals surface area contributed by atoms with Gasteiger partial charge in [0.1, 0.15) is 0 Å². The van der Waals surface area contributed by atoms with Crippen molar-refractivity contribution in [3.63, 3.8) is 0 Å². The summed E-state index contributed by atoms with van der Waals surface area (Å²) in [5.74, 6) is 0. The fourth-order valence-corrected chi connectivity index (χ4v) is 1.05. The van der Waals surface area contributed by atoms with Crippen molar-refractivity contribution in [2.45, 2.75) is 13.8 Å². The van der Waals surface area contributed by atoms with Crippen molar-refractivity contribution < 1.29 is 0 Å². The molecule has 11 heavy (non-hydrogen) atoms. The standard InChI is InChI=1S/C11H13/c1-3-7-10(2)11-8-5-4-6-9-11/h3-9H,1-2H3. The van der Waals surface area contributed by atoms with Gasteiger partial charge in [-0.25, -0.2) is 0 Å². The second-order valence-electron chi connectivity index (χ2n) is 2.55. The Labute approximate surface area is 68.6 Å². The molecule has 1 radical (unpaired) electrons. The SMILES string of the molecule is C[CH]C=C(C)c1ccccc1. The Kier molecular flexibility index (Phi) is 2.91. The molecule has 0 fully saturated rings. The van der Waals surface area contributed by atoms with Gasteiger partial charge in [-0.1, -0.05) is 43.3 Å². The molecule has 0 bridgehead atoms. The van der Waals surface area contributed by atoms with Gasteiger partial charge < -0.3 is 0 Å². The maximum atomic E-state index is 2.12. The van der Waals surface area contributed by atoms with Crippen LogP contribution in [0.15, 0.2) is 36.4 Å². The van der Waals surface area contributed by atoms with Crippen LogP contribution < -0.4 is 0 Å². The highest BCUT2D eigenvalue weighted by Gasteiger charge is 1.90. The number of hydrogen-bond acceptors (Lipinski definition) is 0. The molecule has 0 nitrogen and oxygen atoms in total. The number of hydrogen-bond donors (Lipinski definition) is 0. The van der Waals surface area contributed by atoms with Crippen molar-refractivity contribution in [2.24, 2.45) is 0 Å². The van der Waals surface area contributed by atoms with Crippen LogP contribution in [0, 0.1) is 6.42 Å². The molecular weight excluding hydrogens is 132 g/mol. The van der Waals surface area contributed by atoms with Crippen LogP contribution in [-0.4, -0.2) is 0 Å². The molecule has 1 aromatic rings. The third-order valence-corrected chi connectivity index (χ3v) is 1.65. The van der Waals surface area contributed by atoms with Gasteiger partial charge in [0, 0.05) is 0 Å². The minimum absolute atomic E-state index is 1.30. The summed E-state index contributed by atoms with van der Waals surface area (Å²) >= 11 is 0. The molecule has 0 heteroatoms. The summed E-state index contributed by atoms with van der Waals surface area (Å²) in [6.07, 6.45) is 4.18. The molecule has 57 valence electrons. The predicted molar refractivity (Wildman–Crippen MR) is 50.1 cm³/mol. The quantitative estimate of drug-likeness (QED) is 0.599. The second-order valence-corrected chi connectivity index (χ2v) is 2.55. The van der Waals surface area contributed by atoms with E-state index in [-0.39, 0.29) is 0 Å². The number of rotatable bonds is 2. The van der Waals surface area contributed by atoms with Crippen LogP contribution in [0.3, 0.4) is 0 Å². The van der Waals surface area contributed by atoms with Gasteiger partial charge in [-0.2, -0.15) is 0 Å². The maximum absolute atomic E-state index is 2.12. The predicted octanol–water partition coefficient (Wildman–Crippen LogP) is 3.31. The van der Waals surface area contributed by atoms with E-state index in [4.69, 9.17) is 0 Å². The Hall–Kier alpha value is -1.04. The minimum atomic E-state index is 1.30. The van der Waals surface area contributed by atoms with Crippen LogP contribution in [0.2, 0.25) is 0 Å². The van der Waals surface area contributed by atoms with Crippen molar-refractivity contribution in [1.82, 2.24) is 0 Å². The van der Waals surface area contributed by atoms with Crippen LogP contribution in [0.5, 0.6) is 0 Å². The van der Waals surface area contributed by atoms with Crippen LogP contribution in [0.25, 0.3) is 5.57 Å². The lowest BCUT2D eigenvalue weighted by Gasteiger charge is -1.98. The van der Waals surface area contributed by atoms with Crippen molar-refractivity contribution in [3.8, 4) is 0 Å². The van der Waals surface area contributed by atoms with E-state index < -0.39 is 0 Å². The summed E-state index contributed by atoms with van der Waals surface area (Å²) in [5.41, 5.74) is 2.61. The highest BCUT2D eigenvalue weighted by atomic mass is 14.0. The van der Waals surface area contributed by atoms with Gasteiger partial charge in [0.2, 0.25) is 0 Å². The van der Waals surface area contributed by atoms with Gasteiger partial charge in [0.15, 0.2) is 0 Å². The Bertz CT molecular complexity index is 231. The fourth-order valence-electron chi connectivity index (χ4n) is 1.05. The molecule has 0 aliphatic carbocycles. The second kappa shape index (κ2) is 3.97. The highest BCUT2D eigenvalue weighted by Crippen LogP contribution is 2.12. The minimum Gasteiger partial charge on any atom is -0.0776 e. The Balaban J connectivity index is 2.85. The fraction of sp³-hybridized carbons (Fsp3) is 0.182. The van der Waals surface area contributed by atoms with Crippen LogP contribution >= 0.6 is 0 Å². The van der Waals surface area contributed by atoms with Crippen molar-refractivity contribution in [1.29, 1.82) is 0 Å². The molecule has 0 heterocycles. The summed E-state index contributed by atoms with van der Waals surface area (Å²) in [6.45, 7) is 4.15. The Morgan fingerprint density at radius 3 is 2.36 bits per heavy atom. The lowest BCUT2D eigenvalue weighted by atomic mass is 10.1. The van der Waals surface area contributed by atoms with Gasteiger partial charge in [-0.05, 0) is 24.5 Å². The number of allylic oxidation sites excluding steroid dienone is 2. The summed E-state index contributed by atoms with van der Waals surface area (Å²) < 4.78 is 0. The van der Waals surface area contributed by atoms with E-state index in [0.29, 0.717) is 0 Å². The van der Waals surface area contributed by atoms with E-state index in [0.717, 1.165) is 0 Å². The molecule has 0 saturated carbocycles. The summed E-state index contributed by atoms with van der Waals surface area (Å²) in [5, 5.41) is 0. The first-order valence-electron chi connectivity index (χ1n) is 3.86. The van der Waals surface area contributed by atoms with Gasteiger partial charge in [-0.15, -0.1) is 0 Å². The molecule has 1 rings (SSSR count). The molecule has 0 saturated heterocycles. The molecule has 0 aliphatic heterocycles. The van der Waals surface area contributed by atoms with E-state index in [2.05, 4.69) is 43.7 Å². The first kappa shape index (κ1) is 8.06. The molecule has 0 spiro atoms. The zero-order valence-corrected chi connectivity index (χ0v) is 7.04. The van der Waals surface area contributed by atoms with Gasteiger partial charge in [0.25, 0.3) is 0 Å². The number of benzene rings is 1. The monoisotopic (exact) mass is 145 g/mol. The van der Waals surface area contributed by atoms with E-state index in [1.165, 1.54) is 11.1 Å². The lowest BCUT2D eigenvalue weighted by Crippen LogP contribution is -1.76. The van der Waals surface area contributed by atoms with E-state index in [1.54, 1.807) is 0 Å². The average molecular weight is 145 g/mol. The van der Waals surface area contributed by atoms with E-state index in [9.17, 15) is 0 Å². The van der Waals surface area contributed by atoms with E-state index in [1.807, 2.05) is 13.0 Å². The molecule has 0 aliphatic rings. The Morgan fingerprint density at radius 1 is 1.18 bits per heavy atom. The van der Waals surface area contributed by atoms with Crippen molar-refractivity contribution >= 4 is 5.57 Å². The molecule has 0 amide bonds. The van der Waals surface area contributed by atoms with Crippen LogP contribution in [0.1, 0.15) is 19.4 Å². The topological polar surface area (TPSA) is 0 Å².